The molecule has 0 unspecified atom stereocenters. The minimum Gasteiger partial charge on any atom is -0.454 e. The van der Waals surface area contributed by atoms with Gasteiger partial charge in [-0.1, -0.05) is 12.1 Å². The number of anilines is 1. The molecule has 0 saturated carbocycles. The Kier molecular flexibility index (Phi) is 4.38. The van der Waals surface area contributed by atoms with E-state index in [9.17, 15) is 14.4 Å². The van der Waals surface area contributed by atoms with Gasteiger partial charge < -0.3 is 14.8 Å². The number of amides is 1. The smallest absolute Gasteiger partial charge is 0.328 e. The number of nitrogens with zero attached hydrogens (tertiary/aromatic N) is 2. The first-order valence-corrected chi connectivity index (χ1v) is 8.84. The third kappa shape index (κ3) is 3.02. The van der Waals surface area contributed by atoms with Crippen LogP contribution in [0, 0.1) is 0 Å². The van der Waals surface area contributed by atoms with Crippen molar-refractivity contribution >= 4 is 28.4 Å². The van der Waals surface area contributed by atoms with Crippen molar-refractivity contribution in [3.63, 3.8) is 0 Å². The van der Waals surface area contributed by atoms with Crippen LogP contribution in [0.5, 0.6) is 11.5 Å². The van der Waals surface area contributed by atoms with Crippen LogP contribution in [0.25, 0.3) is 11.0 Å². The SMILES string of the molecule is CC(=O)c1cc2c(cc1NC(=O)CCn1c(=O)n(C)c3ccccc31)OCO2. The first-order chi connectivity index (χ1) is 13.5. The number of aromatic nitrogens is 2. The van der Waals surface area contributed by atoms with Crippen molar-refractivity contribution < 1.29 is 19.1 Å². The molecule has 1 aromatic heterocycles. The minimum atomic E-state index is -0.304. The third-order valence-corrected chi connectivity index (χ3v) is 4.78. The van der Waals surface area contributed by atoms with E-state index in [0.29, 0.717) is 22.7 Å². The highest BCUT2D eigenvalue weighted by atomic mass is 16.7. The number of aryl methyl sites for hydroxylation is 2. The zero-order valence-corrected chi connectivity index (χ0v) is 15.5. The van der Waals surface area contributed by atoms with Crippen molar-refractivity contribution in [1.29, 1.82) is 0 Å². The molecule has 2 aromatic carbocycles. The fraction of sp³-hybridized carbons (Fsp3) is 0.250. The van der Waals surface area contributed by atoms with Gasteiger partial charge in [-0.05, 0) is 25.1 Å². The molecule has 8 heteroatoms. The van der Waals surface area contributed by atoms with E-state index in [1.165, 1.54) is 6.92 Å². The molecule has 144 valence electrons. The fourth-order valence-electron chi connectivity index (χ4n) is 3.34. The molecule has 0 radical (unpaired) electrons. The highest BCUT2D eigenvalue weighted by Crippen LogP contribution is 2.37. The van der Waals surface area contributed by atoms with Crippen LogP contribution in [-0.2, 0) is 18.4 Å². The highest BCUT2D eigenvalue weighted by molar-refractivity contribution is 6.04. The number of ether oxygens (including phenoxy) is 2. The Morgan fingerprint density at radius 1 is 1.11 bits per heavy atom. The third-order valence-electron chi connectivity index (χ3n) is 4.78. The van der Waals surface area contributed by atoms with Gasteiger partial charge in [0.15, 0.2) is 17.3 Å². The van der Waals surface area contributed by atoms with Gasteiger partial charge in [0.2, 0.25) is 12.7 Å². The van der Waals surface area contributed by atoms with Crippen LogP contribution in [0.4, 0.5) is 5.69 Å². The van der Waals surface area contributed by atoms with Crippen LogP contribution in [0.15, 0.2) is 41.2 Å². The number of benzene rings is 2. The molecular formula is C20H19N3O5. The summed E-state index contributed by atoms with van der Waals surface area (Å²) in [5.41, 5.74) is 2.12. The number of hydrogen-bond acceptors (Lipinski definition) is 5. The van der Waals surface area contributed by atoms with E-state index in [-0.39, 0.29) is 37.1 Å². The number of carbonyl (C=O) groups is 2. The average molecular weight is 381 g/mol. The second-order valence-electron chi connectivity index (χ2n) is 6.59. The van der Waals surface area contributed by atoms with Gasteiger partial charge in [-0.2, -0.15) is 0 Å². The van der Waals surface area contributed by atoms with Crippen molar-refractivity contribution in [1.82, 2.24) is 9.13 Å². The normalized spacial score (nSPS) is 12.4. The molecule has 0 aliphatic carbocycles. The van der Waals surface area contributed by atoms with Gasteiger partial charge in [-0.15, -0.1) is 0 Å². The first kappa shape index (κ1) is 17.8. The monoisotopic (exact) mass is 381 g/mol. The largest absolute Gasteiger partial charge is 0.454 e. The molecule has 0 bridgehead atoms. The van der Waals surface area contributed by atoms with Crippen LogP contribution in [0.2, 0.25) is 0 Å². The Balaban J connectivity index is 1.54. The van der Waals surface area contributed by atoms with Crippen molar-refractivity contribution in [3.05, 3.63) is 52.4 Å². The number of Topliss-reactive ketones (excluding diaryl/α,β-unsaturated/α-hetero) is 1. The quantitative estimate of drug-likeness (QED) is 0.685. The number of imidazole rings is 1. The van der Waals surface area contributed by atoms with Gasteiger partial charge in [-0.3, -0.25) is 18.7 Å². The summed E-state index contributed by atoms with van der Waals surface area (Å²) in [6.45, 7) is 1.73. The Bertz CT molecular complexity index is 1160. The second-order valence-corrected chi connectivity index (χ2v) is 6.59. The van der Waals surface area contributed by atoms with E-state index in [1.54, 1.807) is 28.3 Å². The average Bonchev–Trinajstić information content (AvgIpc) is 3.23. The van der Waals surface area contributed by atoms with Gasteiger partial charge >= 0.3 is 5.69 Å². The maximum absolute atomic E-state index is 12.5. The first-order valence-electron chi connectivity index (χ1n) is 8.84. The molecule has 1 aliphatic rings. The number of carbonyl (C=O) groups excluding carboxylic acids is 2. The van der Waals surface area contributed by atoms with Gasteiger partial charge in [0.05, 0.1) is 16.7 Å². The number of hydrogen-bond donors (Lipinski definition) is 1. The van der Waals surface area contributed by atoms with E-state index in [1.807, 2.05) is 24.3 Å². The van der Waals surface area contributed by atoms with E-state index >= 15 is 0 Å². The summed E-state index contributed by atoms with van der Waals surface area (Å²) in [7, 11) is 1.70. The molecule has 0 fully saturated rings. The molecule has 28 heavy (non-hydrogen) atoms. The Labute approximate surface area is 160 Å². The fourth-order valence-corrected chi connectivity index (χ4v) is 3.34. The summed E-state index contributed by atoms with van der Waals surface area (Å²) in [5, 5.41) is 2.75. The number of para-hydroxylation sites is 2. The molecule has 0 saturated heterocycles. The van der Waals surface area contributed by atoms with Crippen molar-refractivity contribution in [2.24, 2.45) is 7.05 Å². The summed E-state index contributed by atoms with van der Waals surface area (Å²) >= 11 is 0. The van der Waals surface area contributed by atoms with Crippen LogP contribution >= 0.6 is 0 Å². The maximum Gasteiger partial charge on any atom is 0.328 e. The van der Waals surface area contributed by atoms with Crippen molar-refractivity contribution in [2.75, 3.05) is 12.1 Å². The molecule has 3 aromatic rings. The van der Waals surface area contributed by atoms with Crippen LogP contribution in [-0.4, -0.2) is 27.6 Å². The van der Waals surface area contributed by atoms with Gasteiger partial charge in [0.25, 0.3) is 0 Å². The molecule has 1 N–H and O–H groups in total. The summed E-state index contributed by atoms with van der Waals surface area (Å²) < 4.78 is 13.7. The van der Waals surface area contributed by atoms with Gasteiger partial charge in [0, 0.05) is 31.6 Å². The number of rotatable bonds is 5. The molecular weight excluding hydrogens is 362 g/mol. The Hall–Kier alpha value is -3.55. The maximum atomic E-state index is 12.5. The number of nitrogens with one attached hydrogen (secondary N) is 1. The minimum absolute atomic E-state index is 0.0775. The predicted molar refractivity (Wildman–Crippen MR) is 103 cm³/mol. The lowest BCUT2D eigenvalue weighted by Crippen LogP contribution is -2.24. The topological polar surface area (TPSA) is 91.6 Å². The lowest BCUT2D eigenvalue weighted by molar-refractivity contribution is -0.116. The Morgan fingerprint density at radius 2 is 1.79 bits per heavy atom. The molecule has 0 spiro atoms. The zero-order chi connectivity index (χ0) is 19.8. The zero-order valence-electron chi connectivity index (χ0n) is 15.5. The molecule has 2 heterocycles. The van der Waals surface area contributed by atoms with Crippen LogP contribution in [0.3, 0.4) is 0 Å². The molecule has 1 aliphatic heterocycles. The summed E-state index contributed by atoms with van der Waals surface area (Å²) in [5.74, 6) is 0.455. The summed E-state index contributed by atoms with van der Waals surface area (Å²) in [6, 6.07) is 10.6. The van der Waals surface area contributed by atoms with E-state index in [0.717, 1.165) is 11.0 Å². The van der Waals surface area contributed by atoms with Crippen molar-refractivity contribution in [2.45, 2.75) is 19.9 Å². The predicted octanol–water partition coefficient (Wildman–Crippen LogP) is 2.30. The van der Waals surface area contributed by atoms with E-state index < -0.39 is 0 Å². The standard InChI is InChI=1S/C20H19N3O5/c1-12(24)13-9-17-18(28-11-27-17)10-14(13)21-19(25)7-8-23-16-6-4-3-5-15(16)22(2)20(23)26/h3-6,9-10H,7-8,11H2,1-2H3,(H,21,25). The summed E-state index contributed by atoms with van der Waals surface area (Å²) in [4.78, 5) is 36.9. The number of fused-ring (bicyclic) bond motifs is 2. The molecule has 8 nitrogen and oxygen atoms in total. The van der Waals surface area contributed by atoms with Crippen LogP contribution in [0.1, 0.15) is 23.7 Å². The van der Waals surface area contributed by atoms with E-state index in [4.69, 9.17) is 9.47 Å². The molecule has 4 rings (SSSR count). The second kappa shape index (κ2) is 6.88. The Morgan fingerprint density at radius 3 is 2.50 bits per heavy atom. The van der Waals surface area contributed by atoms with Crippen LogP contribution < -0.4 is 20.5 Å². The highest BCUT2D eigenvalue weighted by Gasteiger charge is 2.20. The van der Waals surface area contributed by atoms with Gasteiger partial charge in [-0.25, -0.2) is 4.79 Å². The number of ketones is 1. The van der Waals surface area contributed by atoms with E-state index in [2.05, 4.69) is 5.32 Å². The molecule has 1 amide bonds. The molecule has 0 atom stereocenters. The lowest BCUT2D eigenvalue weighted by Gasteiger charge is -2.11. The van der Waals surface area contributed by atoms with Crippen molar-refractivity contribution in [3.8, 4) is 11.5 Å². The summed E-state index contributed by atoms with van der Waals surface area (Å²) in [6.07, 6.45) is 0.0830. The lowest BCUT2D eigenvalue weighted by atomic mass is 10.1. The van der Waals surface area contributed by atoms with Gasteiger partial charge in [0.1, 0.15) is 0 Å².